The van der Waals surface area contributed by atoms with Gasteiger partial charge in [-0.3, -0.25) is 0 Å². The molecular formula is C15H15Cl2NO. The van der Waals surface area contributed by atoms with E-state index in [1.807, 2.05) is 36.4 Å². The Hall–Kier alpha value is -1.38. The second kappa shape index (κ2) is 6.18. The number of anilines is 1. The normalized spacial score (nSPS) is 12.0. The highest BCUT2D eigenvalue weighted by atomic mass is 35.5. The number of hydrogen-bond donors (Lipinski definition) is 1. The first kappa shape index (κ1) is 14.0. The van der Waals surface area contributed by atoms with E-state index in [1.54, 1.807) is 13.2 Å². The van der Waals surface area contributed by atoms with Gasteiger partial charge in [-0.1, -0.05) is 35.3 Å². The van der Waals surface area contributed by atoms with Crippen LogP contribution in [0.15, 0.2) is 42.5 Å². The number of hydrogen-bond acceptors (Lipinski definition) is 2. The van der Waals surface area contributed by atoms with Gasteiger partial charge in [0.2, 0.25) is 0 Å². The second-order valence-electron chi connectivity index (χ2n) is 4.27. The van der Waals surface area contributed by atoms with E-state index in [2.05, 4.69) is 12.2 Å². The van der Waals surface area contributed by atoms with Crippen LogP contribution in [0.25, 0.3) is 0 Å². The molecule has 0 amide bonds. The molecule has 4 heteroatoms. The van der Waals surface area contributed by atoms with E-state index in [1.165, 1.54) is 0 Å². The Balaban J connectivity index is 2.17. The first-order valence-electron chi connectivity index (χ1n) is 5.95. The number of rotatable bonds is 4. The monoisotopic (exact) mass is 295 g/mol. The molecule has 100 valence electrons. The van der Waals surface area contributed by atoms with Crippen molar-refractivity contribution in [3.05, 3.63) is 58.1 Å². The lowest BCUT2D eigenvalue weighted by molar-refractivity contribution is 0.414. The molecule has 0 saturated heterocycles. The molecule has 0 fully saturated rings. The lowest BCUT2D eigenvalue weighted by Crippen LogP contribution is -2.07. The number of halogens is 2. The van der Waals surface area contributed by atoms with Crippen LogP contribution in [0.3, 0.4) is 0 Å². The van der Waals surface area contributed by atoms with Crippen LogP contribution in [0, 0.1) is 0 Å². The molecule has 2 rings (SSSR count). The van der Waals surface area contributed by atoms with Crippen molar-refractivity contribution in [2.45, 2.75) is 13.0 Å². The molecule has 2 nitrogen and oxygen atoms in total. The molecule has 1 atom stereocenters. The van der Waals surface area contributed by atoms with Crippen LogP contribution in [0.1, 0.15) is 18.5 Å². The minimum absolute atomic E-state index is 0.119. The van der Waals surface area contributed by atoms with Gasteiger partial charge in [0.05, 0.1) is 17.8 Å². The molecule has 2 aromatic carbocycles. The molecule has 0 spiro atoms. The third-order valence-electron chi connectivity index (χ3n) is 2.90. The van der Waals surface area contributed by atoms with Crippen molar-refractivity contribution in [3.8, 4) is 5.75 Å². The van der Waals surface area contributed by atoms with Gasteiger partial charge in [-0.05, 0) is 42.8 Å². The Morgan fingerprint density at radius 2 is 1.89 bits per heavy atom. The molecule has 0 bridgehead atoms. The zero-order valence-corrected chi connectivity index (χ0v) is 12.3. The highest BCUT2D eigenvalue weighted by Gasteiger charge is 2.08. The first-order chi connectivity index (χ1) is 9.10. The summed E-state index contributed by atoms with van der Waals surface area (Å²) in [7, 11) is 1.66. The van der Waals surface area contributed by atoms with Gasteiger partial charge in [0, 0.05) is 11.1 Å². The van der Waals surface area contributed by atoms with Crippen LogP contribution in [0.5, 0.6) is 5.75 Å². The molecule has 0 aliphatic heterocycles. The molecule has 0 heterocycles. The molecule has 0 saturated carbocycles. The summed E-state index contributed by atoms with van der Waals surface area (Å²) in [5.74, 6) is 0.841. The molecule has 19 heavy (non-hydrogen) atoms. The summed E-state index contributed by atoms with van der Waals surface area (Å²) in [5, 5.41) is 4.60. The Kier molecular flexibility index (Phi) is 4.56. The van der Waals surface area contributed by atoms with Gasteiger partial charge in [0.1, 0.15) is 5.75 Å². The standard InChI is InChI=1S/C15H15Cl2NO/c1-10(11-4-3-5-13(8-11)19-2)18-15-7-6-12(16)9-14(15)17/h3-10,18H,1-2H3. The zero-order chi connectivity index (χ0) is 13.8. The fourth-order valence-electron chi connectivity index (χ4n) is 1.83. The van der Waals surface area contributed by atoms with Gasteiger partial charge >= 0.3 is 0 Å². The number of ether oxygens (including phenoxy) is 1. The van der Waals surface area contributed by atoms with E-state index >= 15 is 0 Å². The lowest BCUT2D eigenvalue weighted by atomic mass is 10.1. The van der Waals surface area contributed by atoms with Gasteiger partial charge in [-0.25, -0.2) is 0 Å². The van der Waals surface area contributed by atoms with Crippen LogP contribution < -0.4 is 10.1 Å². The predicted octanol–water partition coefficient (Wildman–Crippen LogP) is 5.18. The Labute approximate surface area is 123 Å². The maximum absolute atomic E-state index is 6.15. The van der Waals surface area contributed by atoms with Crippen LogP contribution >= 0.6 is 23.2 Å². The molecule has 0 radical (unpaired) electrons. The van der Waals surface area contributed by atoms with Gasteiger partial charge in [-0.15, -0.1) is 0 Å². The number of benzene rings is 2. The summed E-state index contributed by atoms with van der Waals surface area (Å²) < 4.78 is 5.22. The third-order valence-corrected chi connectivity index (χ3v) is 3.44. The van der Waals surface area contributed by atoms with Gasteiger partial charge in [0.15, 0.2) is 0 Å². The van der Waals surface area contributed by atoms with Crippen molar-refractivity contribution in [1.29, 1.82) is 0 Å². The molecule has 2 aromatic rings. The van der Waals surface area contributed by atoms with E-state index in [0.29, 0.717) is 10.0 Å². The second-order valence-corrected chi connectivity index (χ2v) is 5.11. The van der Waals surface area contributed by atoms with Gasteiger partial charge in [-0.2, -0.15) is 0 Å². The van der Waals surface area contributed by atoms with Gasteiger partial charge in [0.25, 0.3) is 0 Å². The van der Waals surface area contributed by atoms with Crippen molar-refractivity contribution < 1.29 is 4.74 Å². The van der Waals surface area contributed by atoms with E-state index in [4.69, 9.17) is 27.9 Å². The van der Waals surface area contributed by atoms with E-state index in [9.17, 15) is 0 Å². The molecule has 0 aromatic heterocycles. The lowest BCUT2D eigenvalue weighted by Gasteiger charge is -2.17. The number of nitrogens with one attached hydrogen (secondary N) is 1. The van der Waals surface area contributed by atoms with Crippen molar-refractivity contribution in [2.75, 3.05) is 12.4 Å². The minimum atomic E-state index is 0.119. The van der Waals surface area contributed by atoms with Crippen molar-refractivity contribution in [3.63, 3.8) is 0 Å². The van der Waals surface area contributed by atoms with Gasteiger partial charge < -0.3 is 10.1 Å². The predicted molar refractivity (Wildman–Crippen MR) is 81.5 cm³/mol. The summed E-state index contributed by atoms with van der Waals surface area (Å²) >= 11 is 12.0. The molecule has 1 unspecified atom stereocenters. The van der Waals surface area contributed by atoms with E-state index < -0.39 is 0 Å². The van der Waals surface area contributed by atoms with Crippen molar-refractivity contribution >= 4 is 28.9 Å². The number of methoxy groups -OCH3 is 1. The highest BCUT2D eigenvalue weighted by Crippen LogP contribution is 2.29. The summed E-state index contributed by atoms with van der Waals surface area (Å²) in [6.07, 6.45) is 0. The summed E-state index contributed by atoms with van der Waals surface area (Å²) in [6, 6.07) is 13.5. The summed E-state index contributed by atoms with van der Waals surface area (Å²) in [4.78, 5) is 0. The van der Waals surface area contributed by atoms with Crippen LogP contribution in [-0.2, 0) is 0 Å². The molecular weight excluding hydrogens is 281 g/mol. The molecule has 0 aliphatic rings. The maximum Gasteiger partial charge on any atom is 0.119 e. The first-order valence-corrected chi connectivity index (χ1v) is 6.71. The Bertz CT molecular complexity index is 572. The Morgan fingerprint density at radius 3 is 2.58 bits per heavy atom. The quantitative estimate of drug-likeness (QED) is 0.839. The smallest absolute Gasteiger partial charge is 0.119 e. The topological polar surface area (TPSA) is 21.3 Å². The fourth-order valence-corrected chi connectivity index (χ4v) is 2.30. The van der Waals surface area contributed by atoms with Crippen molar-refractivity contribution in [1.82, 2.24) is 0 Å². The van der Waals surface area contributed by atoms with Crippen LogP contribution in [0.4, 0.5) is 5.69 Å². The maximum atomic E-state index is 6.15. The largest absolute Gasteiger partial charge is 0.497 e. The van der Waals surface area contributed by atoms with Crippen LogP contribution in [-0.4, -0.2) is 7.11 Å². The molecule has 1 N–H and O–H groups in total. The third kappa shape index (κ3) is 3.55. The summed E-state index contributed by atoms with van der Waals surface area (Å²) in [6.45, 7) is 2.07. The minimum Gasteiger partial charge on any atom is -0.497 e. The molecule has 0 aliphatic carbocycles. The average Bonchev–Trinajstić information content (AvgIpc) is 2.42. The van der Waals surface area contributed by atoms with Crippen molar-refractivity contribution in [2.24, 2.45) is 0 Å². The highest BCUT2D eigenvalue weighted by molar-refractivity contribution is 6.36. The fraction of sp³-hybridized carbons (Fsp3) is 0.200. The van der Waals surface area contributed by atoms with E-state index in [0.717, 1.165) is 17.0 Å². The zero-order valence-electron chi connectivity index (χ0n) is 10.8. The average molecular weight is 296 g/mol. The van der Waals surface area contributed by atoms with E-state index in [-0.39, 0.29) is 6.04 Å². The summed E-state index contributed by atoms with van der Waals surface area (Å²) in [5.41, 5.74) is 1.99. The Morgan fingerprint density at radius 1 is 1.11 bits per heavy atom. The van der Waals surface area contributed by atoms with Crippen LogP contribution in [0.2, 0.25) is 10.0 Å². The SMILES string of the molecule is COc1cccc(C(C)Nc2ccc(Cl)cc2Cl)c1.